The number of pyridine rings is 2. The third-order valence-corrected chi connectivity index (χ3v) is 21.7. The molecule has 6 aromatic carbocycles. The fraction of sp³-hybridized carbons (Fsp3) is 0.407. The predicted molar refractivity (Wildman–Crippen MR) is 465 cm³/mol. The maximum Gasteiger partial charge on any atom is 0.410 e. The molecule has 10 aromatic rings. The molecule has 27 heteroatoms. The van der Waals surface area contributed by atoms with Crippen molar-refractivity contribution in [3.63, 3.8) is 0 Å². The standard InChI is InChI=1S/C43H51ClN8O3.C38H39ClN6O4.C10H20N2O2/c1-3-39-37(40(49-36-12-18-55-19-13-36)38-27-48-52(4-2)41(38)50-39)26-47-43(54)33-11-6-10-32(23-33)42(53)46-25-30-21-34(24-35(44)22-30)31-9-5-8-29(20-31)28-51-16-7-14-45-15-17-51;1-3-34-32(35(43-31-11-13-49-14-12-31)33-22-42-45(4-2)36(33)44-34)21-41-38(48)28-10-6-9-27(18-28)37(47)40-20-25-16-29(19-30(39)17-25)26-8-5-7-24(15-26)23-46;1-10(2,3)14-9(13)12-7-4-5-11-6-8-12/h5-6,8-11,20-24,27,36,45H,3-4,7,12-19,25-26,28H2,1-2H3,(H,46,53)(H,47,54)(H,49,50);5-10,15-19,22-23,31H,3-4,11-14,20-21H2,1-2H3,(H,40,47)(H,41,48)(H,43,44);11H,4-8H2,1-3H3. The summed E-state index contributed by atoms with van der Waals surface area (Å²) in [5.74, 6) is -1.16. The first-order valence-electron chi connectivity index (χ1n) is 41.4. The molecule has 0 unspecified atom stereocenters. The predicted octanol–water partition coefficient (Wildman–Crippen LogP) is 14.4. The van der Waals surface area contributed by atoms with Gasteiger partial charge in [0.15, 0.2) is 11.3 Å². The van der Waals surface area contributed by atoms with Gasteiger partial charge in [0.2, 0.25) is 0 Å². The lowest BCUT2D eigenvalue weighted by atomic mass is 10.0. The minimum atomic E-state index is -0.392. The molecule has 14 rings (SSSR count). The van der Waals surface area contributed by atoms with Crippen LogP contribution in [0.1, 0.15) is 178 Å². The number of nitrogens with one attached hydrogen (secondary N) is 8. The number of carbonyl (C=O) groups excluding carboxylic acids is 6. The monoisotopic (exact) mass is 1640 g/mol. The number of aromatic nitrogens is 6. The number of benzene rings is 6. The molecule has 8 N–H and O–H groups in total. The second kappa shape index (κ2) is 42.2. The quantitative estimate of drug-likeness (QED) is 0.0247. The average molecular weight is 1640 g/mol. The normalized spacial score (nSPS) is 15.0. The molecule has 0 saturated carbocycles. The number of anilines is 2. The molecule has 8 heterocycles. The number of rotatable bonds is 25. The molecule has 4 fully saturated rings. The van der Waals surface area contributed by atoms with Crippen LogP contribution >= 0.6 is 23.2 Å². The van der Waals surface area contributed by atoms with Gasteiger partial charge in [-0.2, -0.15) is 10.2 Å². The number of aldehydes is 1. The summed E-state index contributed by atoms with van der Waals surface area (Å²) in [5.41, 5.74) is 15.7. The largest absolute Gasteiger partial charge is 0.444 e. The molecule has 0 spiro atoms. The van der Waals surface area contributed by atoms with Crippen molar-refractivity contribution >= 4 is 92.7 Å². The summed E-state index contributed by atoms with van der Waals surface area (Å²) in [7, 11) is 0. The number of amides is 5. The molecule has 4 aliphatic rings. The van der Waals surface area contributed by atoms with E-state index in [-0.39, 0.29) is 68.0 Å². The summed E-state index contributed by atoms with van der Waals surface area (Å²) >= 11 is 13.0. The van der Waals surface area contributed by atoms with Crippen LogP contribution in [0.4, 0.5) is 16.2 Å². The van der Waals surface area contributed by atoms with Gasteiger partial charge >= 0.3 is 6.09 Å². The number of ether oxygens (including phenoxy) is 3. The zero-order valence-electron chi connectivity index (χ0n) is 68.7. The Morgan fingerprint density at radius 3 is 1.42 bits per heavy atom. The van der Waals surface area contributed by atoms with Crippen molar-refractivity contribution in [1.29, 1.82) is 0 Å². The van der Waals surface area contributed by atoms with Gasteiger partial charge in [0.05, 0.1) is 34.5 Å². The van der Waals surface area contributed by atoms with E-state index < -0.39 is 5.60 Å². The van der Waals surface area contributed by atoms with Crippen LogP contribution in [0.3, 0.4) is 0 Å². The lowest BCUT2D eigenvalue weighted by molar-refractivity contribution is 0.0262. The third kappa shape index (κ3) is 23.6. The zero-order chi connectivity index (χ0) is 83.1. The van der Waals surface area contributed by atoms with Gasteiger partial charge < -0.3 is 61.6 Å². The average Bonchev–Trinajstić information content (AvgIpc) is 1.59. The first kappa shape index (κ1) is 86.7. The topological polar surface area (TPSA) is 294 Å². The first-order valence-corrected chi connectivity index (χ1v) is 42.1. The number of aryl methyl sites for hydroxylation is 4. The Hall–Kier alpha value is -10.6. The molecule has 25 nitrogen and oxygen atoms in total. The molecule has 622 valence electrons. The van der Waals surface area contributed by atoms with Gasteiger partial charge in [-0.15, -0.1) is 0 Å². The second-order valence-corrected chi connectivity index (χ2v) is 31.8. The Kier molecular flexibility index (Phi) is 31.0. The van der Waals surface area contributed by atoms with Gasteiger partial charge in [-0.1, -0.05) is 85.6 Å². The Morgan fingerprint density at radius 1 is 0.508 bits per heavy atom. The number of fused-ring (bicyclic) bond motifs is 2. The lowest BCUT2D eigenvalue weighted by Crippen LogP contribution is -2.38. The van der Waals surface area contributed by atoms with Crippen molar-refractivity contribution in [1.82, 2.24) is 71.2 Å². The Bertz CT molecular complexity index is 5130. The van der Waals surface area contributed by atoms with E-state index in [1.54, 1.807) is 71.6 Å². The number of halogens is 2. The number of carbonyl (C=O) groups is 6. The summed E-state index contributed by atoms with van der Waals surface area (Å²) in [6.45, 7) is 27.7. The van der Waals surface area contributed by atoms with Crippen molar-refractivity contribution in [2.75, 3.05) is 89.4 Å². The molecule has 118 heavy (non-hydrogen) atoms. The van der Waals surface area contributed by atoms with Gasteiger partial charge in [0.1, 0.15) is 11.9 Å². The maximum atomic E-state index is 13.6. The summed E-state index contributed by atoms with van der Waals surface area (Å²) in [5, 5.41) is 38.5. The molecule has 0 radical (unpaired) electrons. The van der Waals surface area contributed by atoms with Crippen LogP contribution in [0, 0.1) is 0 Å². The van der Waals surface area contributed by atoms with Crippen LogP contribution in [0.5, 0.6) is 0 Å². The van der Waals surface area contributed by atoms with Crippen LogP contribution in [-0.2, 0) is 72.9 Å². The van der Waals surface area contributed by atoms with Crippen molar-refractivity contribution in [3.8, 4) is 22.3 Å². The van der Waals surface area contributed by atoms with Gasteiger partial charge in [-0.05, 0) is 229 Å². The highest BCUT2D eigenvalue weighted by Gasteiger charge is 2.27. The fourth-order valence-electron chi connectivity index (χ4n) is 15.1. The van der Waals surface area contributed by atoms with E-state index in [2.05, 4.69) is 109 Å². The Labute approximate surface area is 700 Å². The number of nitrogens with zero attached hydrogens (tertiary/aromatic N) is 8. The highest BCUT2D eigenvalue weighted by molar-refractivity contribution is 6.31. The van der Waals surface area contributed by atoms with Crippen LogP contribution in [-0.4, -0.2) is 172 Å². The Morgan fingerprint density at radius 2 is 0.949 bits per heavy atom. The van der Waals surface area contributed by atoms with E-state index in [1.807, 2.05) is 85.9 Å². The van der Waals surface area contributed by atoms with E-state index in [1.165, 1.54) is 5.56 Å². The van der Waals surface area contributed by atoms with Crippen LogP contribution in [0.25, 0.3) is 44.3 Å². The third-order valence-electron chi connectivity index (χ3n) is 21.2. The van der Waals surface area contributed by atoms with Crippen LogP contribution in [0.15, 0.2) is 146 Å². The minimum absolute atomic E-state index is 0.193. The smallest absolute Gasteiger partial charge is 0.410 e. The van der Waals surface area contributed by atoms with Crippen molar-refractivity contribution in [3.05, 3.63) is 223 Å². The van der Waals surface area contributed by atoms with E-state index in [9.17, 15) is 28.8 Å². The molecule has 0 bridgehead atoms. The zero-order valence-corrected chi connectivity index (χ0v) is 70.2. The van der Waals surface area contributed by atoms with E-state index in [4.69, 9.17) is 47.4 Å². The molecule has 4 aromatic heterocycles. The highest BCUT2D eigenvalue weighted by atomic mass is 35.5. The van der Waals surface area contributed by atoms with Gasteiger partial charge in [0.25, 0.3) is 23.6 Å². The molecule has 0 aliphatic carbocycles. The molecule has 4 saturated heterocycles. The summed E-state index contributed by atoms with van der Waals surface area (Å²) < 4.78 is 20.3. The molecular weight excluding hydrogens is 1530 g/mol. The van der Waals surface area contributed by atoms with E-state index in [0.29, 0.717) is 90.2 Å². The van der Waals surface area contributed by atoms with Crippen molar-refractivity contribution in [2.45, 2.75) is 163 Å². The van der Waals surface area contributed by atoms with E-state index >= 15 is 0 Å². The van der Waals surface area contributed by atoms with Crippen LogP contribution < -0.4 is 42.5 Å². The molecule has 4 aliphatic heterocycles. The second-order valence-electron chi connectivity index (χ2n) is 31.0. The molecule has 5 amide bonds. The fourth-order valence-corrected chi connectivity index (χ4v) is 15.6. The molecule has 0 atom stereocenters. The van der Waals surface area contributed by atoms with Crippen molar-refractivity contribution < 1.29 is 43.0 Å². The SMILES string of the molecule is CC(C)(C)OC(=O)N1CCCNCC1.CCc1nc2c(cnn2CC)c(NC2CCOCC2)c1CNC(=O)c1cccc(C(=O)NCc2cc(Cl)cc(-c3cccc(C=O)c3)c2)c1.CCc1nc2c(cnn2CC)c(NC2CCOCC2)c1CNC(=O)c1cccc(C(=O)NCc2cc(Cl)cc(-c3cccc(CN4CCCNCC4)c3)c2)c1. The lowest BCUT2D eigenvalue weighted by Gasteiger charge is -2.26. The summed E-state index contributed by atoms with van der Waals surface area (Å²) in [4.78, 5) is 90.8. The minimum Gasteiger partial charge on any atom is -0.444 e. The van der Waals surface area contributed by atoms with Gasteiger partial charge in [0, 0.05) is 177 Å². The van der Waals surface area contributed by atoms with Gasteiger partial charge in [-0.25, -0.2) is 24.1 Å². The Balaban J connectivity index is 0.000000187. The first-order chi connectivity index (χ1) is 57.2. The highest BCUT2D eigenvalue weighted by Crippen LogP contribution is 2.35. The maximum absolute atomic E-state index is 13.6. The molecular formula is C91H110Cl2N16O9. The van der Waals surface area contributed by atoms with Crippen LogP contribution in [0.2, 0.25) is 10.0 Å². The van der Waals surface area contributed by atoms with E-state index in [0.717, 1.165) is 193 Å². The number of hydrogen-bond donors (Lipinski definition) is 8. The summed E-state index contributed by atoms with van der Waals surface area (Å²) in [6.07, 6.45) is 11.4. The summed E-state index contributed by atoms with van der Waals surface area (Å²) in [6, 6.07) is 41.2. The van der Waals surface area contributed by atoms with Gasteiger partial charge in [-0.3, -0.25) is 28.9 Å². The van der Waals surface area contributed by atoms with Crippen molar-refractivity contribution in [2.24, 2.45) is 0 Å². The number of hydrogen-bond acceptors (Lipinski definition) is 18.